The molecule has 0 aliphatic rings. The van der Waals surface area contributed by atoms with Crippen LogP contribution in [-0.4, -0.2) is 14.8 Å². The fourth-order valence-electron chi connectivity index (χ4n) is 1.26. The lowest BCUT2D eigenvalue weighted by atomic mass is 10.3. The first-order chi connectivity index (χ1) is 8.43. The molecule has 0 unspecified atom stereocenters. The van der Waals surface area contributed by atoms with Crippen molar-refractivity contribution in [2.45, 2.75) is 6.18 Å². The van der Waals surface area contributed by atoms with Gasteiger partial charge in [-0.3, -0.25) is 0 Å². The number of nitriles is 1. The maximum atomic E-state index is 12.4. The predicted octanol–water partition coefficient (Wildman–Crippen LogP) is 2.81. The molecule has 4 nitrogen and oxygen atoms in total. The van der Waals surface area contributed by atoms with Crippen LogP contribution in [0.25, 0.3) is 5.82 Å². The van der Waals surface area contributed by atoms with Crippen molar-refractivity contribution in [3.63, 3.8) is 0 Å². The zero-order chi connectivity index (χ0) is 13.3. The van der Waals surface area contributed by atoms with Gasteiger partial charge in [-0.1, -0.05) is 11.6 Å². The molecular formula is C10H4ClF3N4. The van der Waals surface area contributed by atoms with Gasteiger partial charge in [-0.15, -0.1) is 0 Å². The van der Waals surface area contributed by atoms with Crippen LogP contribution in [0.15, 0.2) is 24.7 Å². The van der Waals surface area contributed by atoms with Crippen LogP contribution in [0, 0.1) is 11.3 Å². The summed E-state index contributed by atoms with van der Waals surface area (Å²) in [4.78, 5) is 3.80. The molecule has 0 fully saturated rings. The Balaban J connectivity index is 2.51. The molecule has 92 valence electrons. The number of hydrogen-bond donors (Lipinski definition) is 0. The largest absolute Gasteiger partial charge is 0.419 e. The molecule has 0 bridgehead atoms. The van der Waals surface area contributed by atoms with E-state index in [4.69, 9.17) is 16.9 Å². The summed E-state index contributed by atoms with van der Waals surface area (Å²) < 4.78 is 38.1. The van der Waals surface area contributed by atoms with Gasteiger partial charge in [0.25, 0.3) is 0 Å². The molecule has 0 atom stereocenters. The topological polar surface area (TPSA) is 54.5 Å². The number of rotatable bonds is 1. The smallest absolute Gasteiger partial charge is 0.236 e. The number of hydrogen-bond acceptors (Lipinski definition) is 3. The number of pyridine rings is 1. The number of nitrogens with zero attached hydrogens (tertiary/aromatic N) is 4. The fraction of sp³-hybridized carbons (Fsp3) is 0.100. The van der Waals surface area contributed by atoms with E-state index >= 15 is 0 Å². The molecule has 0 radical (unpaired) electrons. The van der Waals surface area contributed by atoms with Crippen LogP contribution in [-0.2, 0) is 6.18 Å². The molecule has 0 saturated carbocycles. The van der Waals surface area contributed by atoms with E-state index in [9.17, 15) is 13.2 Å². The second-order valence-electron chi connectivity index (χ2n) is 3.28. The molecule has 18 heavy (non-hydrogen) atoms. The van der Waals surface area contributed by atoms with E-state index in [1.807, 2.05) is 6.07 Å². The van der Waals surface area contributed by atoms with Crippen molar-refractivity contribution in [1.29, 1.82) is 5.26 Å². The van der Waals surface area contributed by atoms with Crippen molar-refractivity contribution in [2.24, 2.45) is 0 Å². The molecule has 0 amide bonds. The number of aromatic nitrogens is 3. The highest BCUT2D eigenvalue weighted by Gasteiger charge is 2.32. The van der Waals surface area contributed by atoms with Crippen LogP contribution in [0.1, 0.15) is 11.1 Å². The molecule has 2 aromatic heterocycles. The zero-order valence-corrected chi connectivity index (χ0v) is 9.37. The molecule has 0 aliphatic carbocycles. The highest BCUT2D eigenvalue weighted by atomic mass is 35.5. The fourth-order valence-corrected chi connectivity index (χ4v) is 1.50. The van der Waals surface area contributed by atoms with E-state index < -0.39 is 11.7 Å². The third kappa shape index (κ3) is 2.15. The standard InChI is InChI=1S/C10H4ClF3N4/c11-8-6(3-15)1-2-16-9(8)18-5-7(4-17-18)10(12,13)14/h1-2,4-5H. The van der Waals surface area contributed by atoms with Gasteiger partial charge < -0.3 is 0 Å². The summed E-state index contributed by atoms with van der Waals surface area (Å²) in [5.41, 5.74) is -0.798. The van der Waals surface area contributed by atoms with E-state index in [1.165, 1.54) is 12.3 Å². The first kappa shape index (κ1) is 12.4. The second kappa shape index (κ2) is 4.31. The summed E-state index contributed by atoms with van der Waals surface area (Å²) in [5.74, 6) is -0.0220. The Labute approximate surface area is 104 Å². The van der Waals surface area contributed by atoms with E-state index in [0.29, 0.717) is 6.20 Å². The minimum atomic E-state index is -4.49. The number of halogens is 4. The van der Waals surface area contributed by atoms with Crippen LogP contribution in [0.3, 0.4) is 0 Å². The van der Waals surface area contributed by atoms with Crippen molar-refractivity contribution in [1.82, 2.24) is 14.8 Å². The van der Waals surface area contributed by atoms with E-state index in [-0.39, 0.29) is 16.4 Å². The summed E-state index contributed by atoms with van der Waals surface area (Å²) in [7, 11) is 0. The minimum absolute atomic E-state index is 0.0220. The van der Waals surface area contributed by atoms with E-state index in [0.717, 1.165) is 10.9 Å². The van der Waals surface area contributed by atoms with E-state index in [2.05, 4.69) is 10.1 Å². The summed E-state index contributed by atoms with van der Waals surface area (Å²) in [6, 6.07) is 3.17. The maximum Gasteiger partial charge on any atom is 0.419 e. The van der Waals surface area contributed by atoms with Gasteiger partial charge in [0, 0.05) is 12.4 Å². The summed E-state index contributed by atoms with van der Waals surface area (Å²) in [5, 5.41) is 12.2. The highest BCUT2D eigenvalue weighted by molar-refractivity contribution is 6.33. The predicted molar refractivity (Wildman–Crippen MR) is 56.1 cm³/mol. The minimum Gasteiger partial charge on any atom is -0.236 e. The average Bonchev–Trinajstić information content (AvgIpc) is 2.78. The molecule has 0 aliphatic heterocycles. The third-order valence-corrected chi connectivity index (χ3v) is 2.49. The lowest BCUT2D eigenvalue weighted by Crippen LogP contribution is -2.04. The van der Waals surface area contributed by atoms with Crippen LogP contribution >= 0.6 is 11.6 Å². The van der Waals surface area contributed by atoms with Crippen molar-refractivity contribution >= 4 is 11.6 Å². The summed E-state index contributed by atoms with van der Waals surface area (Å²) >= 11 is 5.84. The van der Waals surface area contributed by atoms with Gasteiger partial charge in [0.1, 0.15) is 11.1 Å². The SMILES string of the molecule is N#Cc1ccnc(-n2cc(C(F)(F)F)cn2)c1Cl. The monoisotopic (exact) mass is 272 g/mol. The highest BCUT2D eigenvalue weighted by Crippen LogP contribution is 2.30. The molecule has 0 N–H and O–H groups in total. The molecule has 0 saturated heterocycles. The molecule has 0 aromatic carbocycles. The van der Waals surface area contributed by atoms with Gasteiger partial charge in [-0.05, 0) is 6.07 Å². The second-order valence-corrected chi connectivity index (χ2v) is 3.66. The normalized spacial score (nSPS) is 11.3. The first-order valence-electron chi connectivity index (χ1n) is 4.60. The Kier molecular flexibility index (Phi) is 2.97. The van der Waals surface area contributed by atoms with Crippen molar-refractivity contribution in [2.75, 3.05) is 0 Å². The Morgan fingerprint density at radius 1 is 1.39 bits per heavy atom. The molecule has 0 spiro atoms. The third-order valence-electron chi connectivity index (χ3n) is 2.12. The van der Waals surface area contributed by atoms with Crippen LogP contribution < -0.4 is 0 Å². The van der Waals surface area contributed by atoms with Crippen LogP contribution in [0.2, 0.25) is 5.02 Å². The van der Waals surface area contributed by atoms with Crippen molar-refractivity contribution in [3.8, 4) is 11.9 Å². The van der Waals surface area contributed by atoms with Gasteiger partial charge in [0.05, 0.1) is 17.3 Å². The van der Waals surface area contributed by atoms with Gasteiger partial charge in [0.15, 0.2) is 5.82 Å². The van der Waals surface area contributed by atoms with Crippen LogP contribution in [0.4, 0.5) is 13.2 Å². The Hall–Kier alpha value is -2.07. The molecule has 2 aromatic rings. The first-order valence-corrected chi connectivity index (χ1v) is 4.98. The Morgan fingerprint density at radius 3 is 2.67 bits per heavy atom. The van der Waals surface area contributed by atoms with Gasteiger partial charge in [0.2, 0.25) is 0 Å². The van der Waals surface area contributed by atoms with Gasteiger partial charge in [-0.2, -0.15) is 23.5 Å². The number of alkyl halides is 3. The zero-order valence-electron chi connectivity index (χ0n) is 8.61. The van der Waals surface area contributed by atoms with Gasteiger partial charge >= 0.3 is 6.18 Å². The van der Waals surface area contributed by atoms with Gasteiger partial charge in [-0.25, -0.2) is 9.67 Å². The summed E-state index contributed by atoms with van der Waals surface area (Å²) in [6.45, 7) is 0. The Bertz CT molecular complexity index is 627. The summed E-state index contributed by atoms with van der Waals surface area (Å²) in [6.07, 6.45) is -1.79. The van der Waals surface area contributed by atoms with E-state index in [1.54, 1.807) is 0 Å². The molecular weight excluding hydrogens is 269 g/mol. The Morgan fingerprint density at radius 2 is 2.11 bits per heavy atom. The maximum absolute atomic E-state index is 12.4. The quantitative estimate of drug-likeness (QED) is 0.802. The van der Waals surface area contributed by atoms with Crippen LogP contribution in [0.5, 0.6) is 0 Å². The van der Waals surface area contributed by atoms with Crippen molar-refractivity contribution < 1.29 is 13.2 Å². The molecule has 2 heterocycles. The average molecular weight is 273 g/mol. The molecule has 2 rings (SSSR count). The van der Waals surface area contributed by atoms with Crippen molar-refractivity contribution in [3.05, 3.63) is 40.8 Å². The lowest BCUT2D eigenvalue weighted by molar-refractivity contribution is -0.137. The molecule has 8 heteroatoms. The lowest BCUT2D eigenvalue weighted by Gasteiger charge is -2.04.